The Balaban J connectivity index is 1.54. The Morgan fingerprint density at radius 2 is 1.85 bits per heavy atom. The van der Waals surface area contributed by atoms with Gasteiger partial charge in [0.1, 0.15) is 0 Å². The Labute approximate surface area is 157 Å². The van der Waals surface area contributed by atoms with E-state index in [1.165, 1.54) is 23.3 Å². The van der Waals surface area contributed by atoms with Crippen LogP contribution in [0.1, 0.15) is 41.1 Å². The van der Waals surface area contributed by atoms with Crippen LogP contribution in [-0.4, -0.2) is 24.4 Å². The van der Waals surface area contributed by atoms with Gasteiger partial charge in [0.25, 0.3) is 0 Å². The highest BCUT2D eigenvalue weighted by Gasteiger charge is 2.30. The van der Waals surface area contributed by atoms with Gasteiger partial charge in [-0.1, -0.05) is 36.4 Å². The molecule has 6 heteroatoms. The summed E-state index contributed by atoms with van der Waals surface area (Å²) in [5.41, 5.74) is 2.54. The normalized spacial score (nSPS) is 16.9. The summed E-state index contributed by atoms with van der Waals surface area (Å²) < 4.78 is 37.9. The van der Waals surface area contributed by atoms with Gasteiger partial charge in [-0.25, -0.2) is 0 Å². The Kier molecular flexibility index (Phi) is 5.85. The van der Waals surface area contributed by atoms with Crippen LogP contribution < -0.4 is 5.32 Å². The van der Waals surface area contributed by atoms with Gasteiger partial charge in [0.2, 0.25) is 5.91 Å². The molecular formula is C21H23F3N2O. The molecule has 0 aliphatic heterocycles. The Morgan fingerprint density at radius 3 is 2.56 bits per heavy atom. The molecule has 1 N–H and O–H groups in total. The predicted molar refractivity (Wildman–Crippen MR) is 98.0 cm³/mol. The largest absolute Gasteiger partial charge is 0.416 e. The molecule has 0 saturated carbocycles. The molecule has 0 saturated heterocycles. The van der Waals surface area contributed by atoms with Crippen molar-refractivity contribution in [3.05, 3.63) is 70.8 Å². The van der Waals surface area contributed by atoms with Crippen LogP contribution in [0.5, 0.6) is 0 Å². The zero-order chi connectivity index (χ0) is 19.4. The van der Waals surface area contributed by atoms with Crippen molar-refractivity contribution in [1.82, 2.24) is 10.2 Å². The van der Waals surface area contributed by atoms with E-state index in [2.05, 4.69) is 17.4 Å². The maximum Gasteiger partial charge on any atom is 0.416 e. The smallest absolute Gasteiger partial charge is 0.348 e. The molecule has 0 heterocycles. The number of nitrogens with zero attached hydrogens (tertiary/aromatic N) is 1. The molecule has 0 bridgehead atoms. The van der Waals surface area contributed by atoms with Crippen molar-refractivity contribution >= 4 is 5.91 Å². The molecule has 0 aromatic heterocycles. The third-order valence-corrected chi connectivity index (χ3v) is 4.85. The first-order chi connectivity index (χ1) is 12.8. The van der Waals surface area contributed by atoms with Crippen molar-refractivity contribution in [2.24, 2.45) is 0 Å². The maximum absolute atomic E-state index is 12.6. The van der Waals surface area contributed by atoms with E-state index in [0.29, 0.717) is 6.54 Å². The van der Waals surface area contributed by atoms with Gasteiger partial charge in [0, 0.05) is 6.54 Å². The molecule has 1 atom stereocenters. The van der Waals surface area contributed by atoms with Gasteiger partial charge in [-0.15, -0.1) is 0 Å². The van der Waals surface area contributed by atoms with Crippen LogP contribution in [0.2, 0.25) is 0 Å². The quantitative estimate of drug-likeness (QED) is 0.842. The molecule has 0 radical (unpaired) electrons. The van der Waals surface area contributed by atoms with E-state index in [9.17, 15) is 18.0 Å². The average Bonchev–Trinajstić information content (AvgIpc) is 2.61. The number of benzene rings is 2. The van der Waals surface area contributed by atoms with Gasteiger partial charge >= 0.3 is 6.18 Å². The minimum atomic E-state index is -4.33. The summed E-state index contributed by atoms with van der Waals surface area (Å²) in [7, 11) is 1.78. The number of hydrogen-bond donors (Lipinski definition) is 1. The van der Waals surface area contributed by atoms with Crippen LogP contribution in [0.15, 0.2) is 48.5 Å². The maximum atomic E-state index is 12.6. The summed E-state index contributed by atoms with van der Waals surface area (Å²) in [6, 6.07) is 13.2. The molecule has 3 nitrogen and oxygen atoms in total. The van der Waals surface area contributed by atoms with E-state index in [1.54, 1.807) is 11.9 Å². The van der Waals surface area contributed by atoms with Gasteiger partial charge in [0.15, 0.2) is 0 Å². The van der Waals surface area contributed by atoms with Crippen LogP contribution in [0.3, 0.4) is 0 Å². The Morgan fingerprint density at radius 1 is 1.15 bits per heavy atom. The highest BCUT2D eigenvalue weighted by atomic mass is 19.4. The Hall–Kier alpha value is -2.34. The second-order valence-corrected chi connectivity index (χ2v) is 7.08. The molecule has 2 aromatic rings. The minimum absolute atomic E-state index is 0.0296. The monoisotopic (exact) mass is 376 g/mol. The molecule has 1 aliphatic rings. The van der Waals surface area contributed by atoms with Gasteiger partial charge in [-0.2, -0.15) is 13.2 Å². The lowest BCUT2D eigenvalue weighted by Crippen LogP contribution is -2.38. The molecule has 1 amide bonds. The number of nitrogens with one attached hydrogen (secondary N) is 1. The fraction of sp³-hybridized carbons (Fsp3) is 0.381. The minimum Gasteiger partial charge on any atom is -0.348 e. The van der Waals surface area contributed by atoms with Crippen molar-refractivity contribution in [3.63, 3.8) is 0 Å². The third-order valence-electron chi connectivity index (χ3n) is 4.85. The summed E-state index contributed by atoms with van der Waals surface area (Å²) in [4.78, 5) is 14.2. The van der Waals surface area contributed by atoms with E-state index < -0.39 is 11.7 Å². The fourth-order valence-corrected chi connectivity index (χ4v) is 3.56. The number of fused-ring (bicyclic) bond motifs is 1. The fourth-order valence-electron chi connectivity index (χ4n) is 3.56. The van der Waals surface area contributed by atoms with Crippen LogP contribution in [0, 0.1) is 0 Å². The van der Waals surface area contributed by atoms with Crippen molar-refractivity contribution in [1.29, 1.82) is 0 Å². The molecular weight excluding hydrogens is 353 g/mol. The van der Waals surface area contributed by atoms with Gasteiger partial charge in [-0.3, -0.25) is 9.69 Å². The number of carbonyl (C=O) groups is 1. The summed E-state index contributed by atoms with van der Waals surface area (Å²) in [5, 5.41) is 3.09. The Bertz CT molecular complexity index is 787. The number of rotatable bonds is 5. The van der Waals surface area contributed by atoms with Crippen molar-refractivity contribution < 1.29 is 18.0 Å². The zero-order valence-corrected chi connectivity index (χ0v) is 15.2. The van der Waals surface area contributed by atoms with Crippen LogP contribution in [0.4, 0.5) is 13.2 Å². The van der Waals surface area contributed by atoms with Crippen LogP contribution in [-0.2, 0) is 23.9 Å². The molecule has 2 aromatic carbocycles. The van der Waals surface area contributed by atoms with Crippen molar-refractivity contribution in [2.45, 2.75) is 38.0 Å². The molecule has 0 unspecified atom stereocenters. The van der Waals surface area contributed by atoms with E-state index in [-0.39, 0.29) is 18.5 Å². The number of carbonyl (C=O) groups excluding carboxylic acids is 1. The van der Waals surface area contributed by atoms with Crippen molar-refractivity contribution in [2.75, 3.05) is 13.6 Å². The summed E-state index contributed by atoms with van der Waals surface area (Å²) >= 11 is 0. The average molecular weight is 376 g/mol. The van der Waals surface area contributed by atoms with E-state index >= 15 is 0 Å². The number of likely N-dealkylation sites (N-methyl/N-ethyl adjacent to an activating group) is 1. The van der Waals surface area contributed by atoms with Crippen LogP contribution >= 0.6 is 0 Å². The first-order valence-electron chi connectivity index (χ1n) is 9.05. The number of amides is 1. The lowest BCUT2D eigenvalue weighted by molar-refractivity contribution is -0.137. The van der Waals surface area contributed by atoms with Gasteiger partial charge in [0.05, 0.1) is 18.2 Å². The lowest BCUT2D eigenvalue weighted by Gasteiger charge is -2.27. The second-order valence-electron chi connectivity index (χ2n) is 7.08. The third kappa shape index (κ3) is 5.10. The highest BCUT2D eigenvalue weighted by Crippen LogP contribution is 2.30. The first kappa shape index (κ1) is 19.4. The van der Waals surface area contributed by atoms with E-state index in [1.807, 2.05) is 12.1 Å². The highest BCUT2D eigenvalue weighted by molar-refractivity contribution is 5.78. The van der Waals surface area contributed by atoms with E-state index in [0.717, 1.165) is 37.0 Å². The van der Waals surface area contributed by atoms with Crippen LogP contribution in [0.25, 0.3) is 0 Å². The molecule has 27 heavy (non-hydrogen) atoms. The van der Waals surface area contributed by atoms with Gasteiger partial charge in [-0.05, 0) is 55.1 Å². The molecule has 0 spiro atoms. The molecule has 0 fully saturated rings. The number of aryl methyl sites for hydroxylation is 1. The standard InChI is InChI=1S/C21H23F3N2O/c1-26(13-15-9-11-17(12-10-15)21(22,23)24)14-20(27)25-19-8-4-6-16-5-2-3-7-18(16)19/h2-3,5,7,9-12,19H,4,6,8,13-14H2,1H3,(H,25,27)/t19-/m1/s1. The zero-order valence-electron chi connectivity index (χ0n) is 15.2. The predicted octanol–water partition coefficient (Wildman–Crippen LogP) is 4.33. The number of hydrogen-bond acceptors (Lipinski definition) is 2. The number of halogens is 3. The van der Waals surface area contributed by atoms with Gasteiger partial charge < -0.3 is 5.32 Å². The summed E-state index contributed by atoms with van der Waals surface area (Å²) in [6.45, 7) is 0.604. The summed E-state index contributed by atoms with van der Waals surface area (Å²) in [5.74, 6) is -0.0777. The number of alkyl halides is 3. The lowest BCUT2D eigenvalue weighted by atomic mass is 9.88. The first-order valence-corrected chi connectivity index (χ1v) is 9.05. The van der Waals surface area contributed by atoms with Crippen molar-refractivity contribution in [3.8, 4) is 0 Å². The molecule has 1 aliphatic carbocycles. The SMILES string of the molecule is CN(CC(=O)N[C@@H]1CCCc2ccccc21)Cc1ccc(C(F)(F)F)cc1. The molecule has 3 rings (SSSR count). The molecule has 144 valence electrons. The van der Waals surface area contributed by atoms with E-state index in [4.69, 9.17) is 0 Å². The topological polar surface area (TPSA) is 32.3 Å². The second kappa shape index (κ2) is 8.13. The summed E-state index contributed by atoms with van der Waals surface area (Å²) in [6.07, 6.45) is -1.33.